The van der Waals surface area contributed by atoms with Crippen LogP contribution in [-0.2, 0) is 16.0 Å². The quantitative estimate of drug-likeness (QED) is 0.556. The van der Waals surface area contributed by atoms with Crippen molar-refractivity contribution in [3.8, 4) is 5.75 Å². The van der Waals surface area contributed by atoms with Crippen LogP contribution >= 0.6 is 0 Å². The number of esters is 1. The van der Waals surface area contributed by atoms with Crippen LogP contribution in [0.1, 0.15) is 25.3 Å². The van der Waals surface area contributed by atoms with Gasteiger partial charge in [0.1, 0.15) is 11.8 Å². The average molecular weight is 290 g/mol. The van der Waals surface area contributed by atoms with Crippen molar-refractivity contribution in [3.63, 3.8) is 0 Å². The maximum atomic E-state index is 11.5. The highest BCUT2D eigenvalue weighted by atomic mass is 16.5. The van der Waals surface area contributed by atoms with E-state index in [4.69, 9.17) is 15.6 Å². The highest BCUT2D eigenvalue weighted by Crippen LogP contribution is 2.25. The van der Waals surface area contributed by atoms with Crippen LogP contribution in [0.3, 0.4) is 0 Å². The molecule has 112 valence electrons. The number of carboxylic acids is 1. The minimum atomic E-state index is -1.05. The Balaban J connectivity index is 2.24. The number of H-pyrrole nitrogens is 1. The van der Waals surface area contributed by atoms with Crippen LogP contribution in [0.5, 0.6) is 5.75 Å². The lowest BCUT2D eigenvalue weighted by molar-refractivity contribution is -0.138. The first kappa shape index (κ1) is 15.1. The first-order chi connectivity index (χ1) is 10.0. The van der Waals surface area contributed by atoms with Gasteiger partial charge in [-0.25, -0.2) is 0 Å². The molecule has 1 heterocycles. The monoisotopic (exact) mass is 290 g/mol. The number of aromatic amines is 1. The van der Waals surface area contributed by atoms with Crippen molar-refractivity contribution in [2.45, 2.75) is 32.2 Å². The van der Waals surface area contributed by atoms with E-state index < -0.39 is 12.0 Å². The number of aliphatic carboxylic acids is 1. The standard InChI is InChI=1S/C15H18N2O4/c1-2-3-14(18)21-10-4-5-13-11(7-10)9(8-17-13)6-12(16)15(19)20/h4-5,7-8,12,17H,2-3,6,16H2,1H3,(H,19,20). The van der Waals surface area contributed by atoms with E-state index in [-0.39, 0.29) is 12.4 Å². The molecule has 1 unspecified atom stereocenters. The van der Waals surface area contributed by atoms with Gasteiger partial charge in [-0.15, -0.1) is 0 Å². The highest BCUT2D eigenvalue weighted by molar-refractivity contribution is 5.86. The van der Waals surface area contributed by atoms with Crippen molar-refractivity contribution < 1.29 is 19.4 Å². The Labute approximate surface area is 121 Å². The Morgan fingerprint density at radius 2 is 2.19 bits per heavy atom. The Kier molecular flexibility index (Phi) is 4.59. The maximum absolute atomic E-state index is 11.5. The number of nitrogens with two attached hydrogens (primary N) is 1. The first-order valence-corrected chi connectivity index (χ1v) is 6.80. The van der Waals surface area contributed by atoms with Gasteiger partial charge in [0.05, 0.1) is 0 Å². The zero-order chi connectivity index (χ0) is 15.4. The molecule has 6 nitrogen and oxygen atoms in total. The predicted molar refractivity (Wildman–Crippen MR) is 78.2 cm³/mol. The van der Waals surface area contributed by atoms with Gasteiger partial charge in [0.2, 0.25) is 0 Å². The van der Waals surface area contributed by atoms with E-state index in [2.05, 4.69) is 4.98 Å². The summed E-state index contributed by atoms with van der Waals surface area (Å²) in [5, 5.41) is 9.69. The largest absolute Gasteiger partial charge is 0.480 e. The normalized spacial score (nSPS) is 12.3. The molecule has 0 spiro atoms. The molecular weight excluding hydrogens is 272 g/mol. The lowest BCUT2D eigenvalue weighted by Gasteiger charge is -2.06. The summed E-state index contributed by atoms with van der Waals surface area (Å²) in [7, 11) is 0. The molecule has 0 bridgehead atoms. The second-order valence-corrected chi connectivity index (χ2v) is 4.89. The van der Waals surface area contributed by atoms with E-state index in [0.717, 1.165) is 22.9 Å². The number of fused-ring (bicyclic) bond motifs is 1. The number of carbonyl (C=O) groups excluding carboxylic acids is 1. The fourth-order valence-electron chi connectivity index (χ4n) is 2.10. The fraction of sp³-hybridized carbons (Fsp3) is 0.333. The lowest BCUT2D eigenvalue weighted by Crippen LogP contribution is -2.32. The van der Waals surface area contributed by atoms with E-state index in [1.54, 1.807) is 24.4 Å². The third-order valence-electron chi connectivity index (χ3n) is 3.18. The molecule has 0 aliphatic carbocycles. The van der Waals surface area contributed by atoms with Gasteiger partial charge >= 0.3 is 11.9 Å². The average Bonchev–Trinajstić information content (AvgIpc) is 2.81. The molecule has 0 aliphatic rings. The molecule has 4 N–H and O–H groups in total. The van der Waals surface area contributed by atoms with Gasteiger partial charge in [-0.05, 0) is 30.2 Å². The first-order valence-electron chi connectivity index (χ1n) is 6.80. The molecule has 0 saturated carbocycles. The minimum absolute atomic E-state index is 0.210. The summed E-state index contributed by atoms with van der Waals surface area (Å²) in [4.78, 5) is 25.4. The number of ether oxygens (including phenoxy) is 1. The van der Waals surface area contributed by atoms with Gasteiger partial charge < -0.3 is 20.6 Å². The third-order valence-corrected chi connectivity index (χ3v) is 3.18. The summed E-state index contributed by atoms with van der Waals surface area (Å²) in [5.41, 5.74) is 7.19. The highest BCUT2D eigenvalue weighted by Gasteiger charge is 2.15. The second kappa shape index (κ2) is 6.41. The Morgan fingerprint density at radius 3 is 2.86 bits per heavy atom. The molecule has 2 aromatic rings. The zero-order valence-electron chi connectivity index (χ0n) is 11.8. The third kappa shape index (κ3) is 3.61. The van der Waals surface area contributed by atoms with Gasteiger partial charge in [-0.2, -0.15) is 0 Å². The van der Waals surface area contributed by atoms with Crippen LogP contribution in [0.4, 0.5) is 0 Å². The van der Waals surface area contributed by atoms with Gasteiger partial charge in [-0.3, -0.25) is 9.59 Å². The van der Waals surface area contributed by atoms with E-state index in [1.165, 1.54) is 0 Å². The van der Waals surface area contributed by atoms with Crippen LogP contribution in [0.15, 0.2) is 24.4 Å². The summed E-state index contributed by atoms with van der Waals surface area (Å²) < 4.78 is 5.24. The molecular formula is C15H18N2O4. The Morgan fingerprint density at radius 1 is 1.43 bits per heavy atom. The number of carboxylic acid groups (broad SMARTS) is 1. The molecule has 6 heteroatoms. The zero-order valence-corrected chi connectivity index (χ0v) is 11.8. The van der Waals surface area contributed by atoms with Crippen molar-refractivity contribution in [2.24, 2.45) is 5.73 Å². The van der Waals surface area contributed by atoms with Gasteiger partial charge in [0, 0.05) is 29.9 Å². The van der Waals surface area contributed by atoms with Crippen molar-refractivity contribution in [1.29, 1.82) is 0 Å². The van der Waals surface area contributed by atoms with Gasteiger partial charge in [0.15, 0.2) is 0 Å². The second-order valence-electron chi connectivity index (χ2n) is 4.89. The van der Waals surface area contributed by atoms with Gasteiger partial charge in [-0.1, -0.05) is 6.92 Å². The van der Waals surface area contributed by atoms with E-state index in [1.807, 2.05) is 6.92 Å². The number of rotatable bonds is 6. The molecule has 1 aromatic carbocycles. The molecule has 1 atom stereocenters. The maximum Gasteiger partial charge on any atom is 0.320 e. The molecule has 0 amide bonds. The SMILES string of the molecule is CCCC(=O)Oc1ccc2[nH]cc(CC(N)C(=O)O)c2c1. The molecule has 2 rings (SSSR count). The summed E-state index contributed by atoms with van der Waals surface area (Å²) in [6.45, 7) is 1.90. The fourth-order valence-corrected chi connectivity index (χ4v) is 2.10. The van der Waals surface area contributed by atoms with Crippen LogP contribution in [0, 0.1) is 0 Å². The Hall–Kier alpha value is -2.34. The van der Waals surface area contributed by atoms with Crippen LogP contribution in [0.25, 0.3) is 10.9 Å². The summed E-state index contributed by atoms with van der Waals surface area (Å²) in [6, 6.07) is 4.26. The van der Waals surface area contributed by atoms with Crippen LogP contribution in [0.2, 0.25) is 0 Å². The van der Waals surface area contributed by atoms with Crippen molar-refractivity contribution in [3.05, 3.63) is 30.0 Å². The molecule has 0 aliphatic heterocycles. The lowest BCUT2D eigenvalue weighted by atomic mass is 10.1. The molecule has 0 saturated heterocycles. The van der Waals surface area contributed by atoms with Crippen molar-refractivity contribution >= 4 is 22.8 Å². The summed E-state index contributed by atoms with van der Waals surface area (Å²) in [5.74, 6) is -0.878. The number of hydrogen-bond acceptors (Lipinski definition) is 4. The summed E-state index contributed by atoms with van der Waals surface area (Å²) >= 11 is 0. The van der Waals surface area contributed by atoms with Crippen molar-refractivity contribution in [1.82, 2.24) is 4.98 Å². The molecule has 1 aromatic heterocycles. The molecule has 0 fully saturated rings. The number of benzene rings is 1. The minimum Gasteiger partial charge on any atom is -0.480 e. The molecule has 21 heavy (non-hydrogen) atoms. The van der Waals surface area contributed by atoms with Crippen LogP contribution in [-0.4, -0.2) is 28.1 Å². The number of nitrogens with one attached hydrogen (secondary N) is 1. The molecule has 0 radical (unpaired) electrons. The van der Waals surface area contributed by atoms with Crippen molar-refractivity contribution in [2.75, 3.05) is 0 Å². The van der Waals surface area contributed by atoms with E-state index in [9.17, 15) is 9.59 Å². The predicted octanol–water partition coefficient (Wildman–Crippen LogP) is 1.83. The number of hydrogen-bond donors (Lipinski definition) is 3. The van der Waals surface area contributed by atoms with Crippen LogP contribution < -0.4 is 10.5 Å². The smallest absolute Gasteiger partial charge is 0.320 e. The topological polar surface area (TPSA) is 105 Å². The Bertz CT molecular complexity index is 663. The van der Waals surface area contributed by atoms with E-state index in [0.29, 0.717) is 12.2 Å². The van der Waals surface area contributed by atoms with E-state index >= 15 is 0 Å². The summed E-state index contributed by atoms with van der Waals surface area (Å²) in [6.07, 6.45) is 3.03. The van der Waals surface area contributed by atoms with Gasteiger partial charge in [0.25, 0.3) is 0 Å². The number of aromatic nitrogens is 1. The number of carbonyl (C=O) groups is 2.